The maximum atomic E-state index is 14.6. The molecular weight excluding hydrogens is 589 g/mol. The van der Waals surface area contributed by atoms with Crippen LogP contribution >= 0.6 is 7.92 Å². The average Bonchev–Trinajstić information content (AvgIpc) is 3.10. The predicted molar refractivity (Wildman–Crippen MR) is 189 cm³/mol. The molecule has 5 heteroatoms. The third-order valence-electron chi connectivity index (χ3n) is 7.78. The molecule has 1 amide bonds. The molecule has 3 unspecified atom stereocenters. The molecule has 6 aromatic carbocycles. The van der Waals surface area contributed by atoms with Gasteiger partial charge in [-0.1, -0.05) is 157 Å². The molecule has 3 nitrogen and oxygen atoms in total. The van der Waals surface area contributed by atoms with E-state index in [-0.39, 0.29) is 5.91 Å². The summed E-state index contributed by atoms with van der Waals surface area (Å²) in [5, 5.41) is 6.17. The maximum Gasteiger partial charge on any atom is 0.252 e. The highest BCUT2D eigenvalue weighted by Gasteiger charge is 2.33. The average molecular weight is 624 g/mol. The second-order valence-electron chi connectivity index (χ2n) is 10.8. The molecule has 0 saturated heterocycles. The van der Waals surface area contributed by atoms with Gasteiger partial charge in [0.2, 0.25) is 0 Å². The Labute approximate surface area is 269 Å². The molecule has 0 aliphatic rings. The topological polar surface area (TPSA) is 46.2 Å². The molecule has 0 aliphatic heterocycles. The van der Waals surface area contributed by atoms with Crippen molar-refractivity contribution in [2.45, 2.75) is 23.1 Å². The fraction of sp³-hybridized carbons (Fsp3) is 0.0750. The molecule has 0 aliphatic carbocycles. The monoisotopic (exact) mass is 623 g/mol. The van der Waals surface area contributed by atoms with Crippen molar-refractivity contribution in [2.75, 3.05) is 0 Å². The number of aryl methyl sites for hydroxylation is 1. The van der Waals surface area contributed by atoms with Gasteiger partial charge in [0, 0.05) is 10.5 Å². The van der Waals surface area contributed by atoms with Crippen LogP contribution in [-0.2, 0) is 10.8 Å². The second-order valence-corrected chi connectivity index (χ2v) is 14.6. The number of benzene rings is 6. The molecule has 0 saturated carbocycles. The number of amides is 1. The largest absolute Gasteiger partial charge is 0.344 e. The number of nitrogens with one attached hydrogen (secondary N) is 1. The molecule has 222 valence electrons. The maximum absolute atomic E-state index is 14.6. The van der Waals surface area contributed by atoms with Crippen molar-refractivity contribution in [1.82, 2.24) is 5.32 Å². The summed E-state index contributed by atoms with van der Waals surface area (Å²) in [5.74, 6) is -0.194. The van der Waals surface area contributed by atoms with Crippen molar-refractivity contribution >= 4 is 40.5 Å². The Balaban J connectivity index is 1.45. The van der Waals surface area contributed by atoms with Crippen LogP contribution in [0.3, 0.4) is 0 Å². The van der Waals surface area contributed by atoms with Crippen LogP contribution in [0.4, 0.5) is 0 Å². The van der Waals surface area contributed by atoms with E-state index in [2.05, 4.69) is 35.6 Å². The third-order valence-corrected chi connectivity index (χ3v) is 12.0. The first-order chi connectivity index (χ1) is 22.1. The van der Waals surface area contributed by atoms with Gasteiger partial charge < -0.3 is 5.32 Å². The fourth-order valence-electron chi connectivity index (χ4n) is 5.56. The highest BCUT2D eigenvalue weighted by molar-refractivity contribution is 7.85. The molecule has 0 fully saturated rings. The van der Waals surface area contributed by atoms with Gasteiger partial charge in [-0.15, -0.1) is 0 Å². The number of hydrogen-bond donors (Lipinski definition) is 1. The molecule has 0 radical (unpaired) electrons. The van der Waals surface area contributed by atoms with Crippen molar-refractivity contribution in [1.29, 1.82) is 0 Å². The van der Waals surface area contributed by atoms with E-state index in [1.165, 1.54) is 10.6 Å². The Kier molecular flexibility index (Phi) is 9.75. The van der Waals surface area contributed by atoms with E-state index in [1.807, 2.05) is 146 Å². The molecule has 0 spiro atoms. The van der Waals surface area contributed by atoms with Crippen molar-refractivity contribution in [3.8, 4) is 0 Å². The summed E-state index contributed by atoms with van der Waals surface area (Å²) in [6.45, 7) is 2.02. The van der Waals surface area contributed by atoms with Crippen LogP contribution in [0, 0.1) is 6.92 Å². The molecule has 0 heterocycles. The Morgan fingerprint density at radius 1 is 0.578 bits per heavy atom. The van der Waals surface area contributed by atoms with Crippen molar-refractivity contribution in [2.24, 2.45) is 0 Å². The molecule has 0 bridgehead atoms. The molecule has 45 heavy (non-hydrogen) atoms. The summed E-state index contributed by atoms with van der Waals surface area (Å²) < 4.78 is 14.5. The predicted octanol–water partition coefficient (Wildman–Crippen LogP) is 7.77. The first-order valence-electron chi connectivity index (χ1n) is 15.0. The minimum absolute atomic E-state index is 0.194. The van der Waals surface area contributed by atoms with E-state index in [9.17, 15) is 9.00 Å². The van der Waals surface area contributed by atoms with E-state index in [1.54, 1.807) is 0 Å². The van der Waals surface area contributed by atoms with Gasteiger partial charge >= 0.3 is 0 Å². The highest BCUT2D eigenvalue weighted by atomic mass is 32.2. The lowest BCUT2D eigenvalue weighted by Crippen LogP contribution is -2.37. The smallest absolute Gasteiger partial charge is 0.252 e. The zero-order valence-corrected chi connectivity index (χ0v) is 26.7. The van der Waals surface area contributed by atoms with Crippen LogP contribution in [0.5, 0.6) is 0 Å². The standard InChI is InChI=1S/C40H34NO2PS/c1-30-26-28-35(29-27-30)45(43)39(32-18-8-3-9-19-32)38(31-16-6-2-7-17-31)41-40(42)36-24-14-15-25-37(36)44(33-20-10-4-11-21-33)34-22-12-5-13-23-34/h2-29,38-39H,1H3,(H,41,42). The molecule has 3 atom stereocenters. The molecule has 6 aromatic rings. The van der Waals surface area contributed by atoms with E-state index in [0.717, 1.165) is 26.9 Å². The first kappa shape index (κ1) is 30.4. The zero-order valence-electron chi connectivity index (χ0n) is 25.0. The summed E-state index contributed by atoms with van der Waals surface area (Å²) in [7, 11) is -2.48. The van der Waals surface area contributed by atoms with Crippen LogP contribution in [0.2, 0.25) is 0 Å². The number of hydrogen-bond acceptors (Lipinski definition) is 2. The molecule has 6 rings (SSSR count). The van der Waals surface area contributed by atoms with Gasteiger partial charge in [0.15, 0.2) is 0 Å². The molecular formula is C40H34NO2PS. The van der Waals surface area contributed by atoms with Gasteiger partial charge in [0.05, 0.1) is 22.1 Å². The number of carbonyl (C=O) groups is 1. The minimum Gasteiger partial charge on any atom is -0.344 e. The lowest BCUT2D eigenvalue weighted by Gasteiger charge is -2.29. The van der Waals surface area contributed by atoms with Gasteiger partial charge in [-0.25, -0.2) is 0 Å². The van der Waals surface area contributed by atoms with Crippen LogP contribution < -0.4 is 21.2 Å². The van der Waals surface area contributed by atoms with E-state index < -0.39 is 30.0 Å². The van der Waals surface area contributed by atoms with Gasteiger partial charge in [-0.3, -0.25) is 9.00 Å². The SMILES string of the molecule is Cc1ccc(S(=O)C(c2ccccc2)C(NC(=O)c2ccccc2P(c2ccccc2)c2ccccc2)c2ccccc2)cc1. The van der Waals surface area contributed by atoms with Gasteiger partial charge in [0.25, 0.3) is 5.91 Å². The Bertz CT molecular complexity index is 1830. The lowest BCUT2D eigenvalue weighted by molar-refractivity contribution is 0.0937. The molecule has 1 N–H and O–H groups in total. The van der Waals surface area contributed by atoms with Crippen molar-refractivity contribution < 1.29 is 9.00 Å². The van der Waals surface area contributed by atoms with Gasteiger partial charge in [-0.2, -0.15) is 0 Å². The molecule has 0 aromatic heterocycles. The van der Waals surface area contributed by atoms with Crippen LogP contribution in [0.25, 0.3) is 0 Å². The van der Waals surface area contributed by atoms with Gasteiger partial charge in [-0.05, 0) is 60.1 Å². The van der Waals surface area contributed by atoms with Crippen LogP contribution in [0.15, 0.2) is 175 Å². The zero-order chi connectivity index (χ0) is 31.0. The summed E-state index contributed by atoms with van der Waals surface area (Å²) in [6.07, 6.45) is 0. The van der Waals surface area contributed by atoms with E-state index in [0.29, 0.717) is 5.56 Å². The number of rotatable bonds is 10. The summed E-state index contributed by atoms with van der Waals surface area (Å²) in [5.41, 5.74) is 3.51. The van der Waals surface area contributed by atoms with E-state index >= 15 is 0 Å². The quantitative estimate of drug-likeness (QED) is 0.159. The third kappa shape index (κ3) is 7.04. The van der Waals surface area contributed by atoms with Crippen molar-refractivity contribution in [3.63, 3.8) is 0 Å². The summed E-state index contributed by atoms with van der Waals surface area (Å²) >= 11 is 0. The fourth-order valence-corrected chi connectivity index (χ4v) is 9.58. The first-order valence-corrected chi connectivity index (χ1v) is 17.5. The highest BCUT2D eigenvalue weighted by Crippen LogP contribution is 2.38. The Morgan fingerprint density at radius 2 is 1.04 bits per heavy atom. The van der Waals surface area contributed by atoms with Crippen LogP contribution in [0.1, 0.15) is 38.3 Å². The van der Waals surface area contributed by atoms with Crippen LogP contribution in [-0.4, -0.2) is 10.1 Å². The van der Waals surface area contributed by atoms with Crippen molar-refractivity contribution in [3.05, 3.63) is 192 Å². The normalized spacial score (nSPS) is 13.1. The Morgan fingerprint density at radius 3 is 1.60 bits per heavy atom. The summed E-state index contributed by atoms with van der Waals surface area (Å²) in [4.78, 5) is 15.3. The second kappa shape index (κ2) is 14.4. The summed E-state index contributed by atoms with van der Waals surface area (Å²) in [6, 6.07) is 55.7. The van der Waals surface area contributed by atoms with Gasteiger partial charge in [0.1, 0.15) is 0 Å². The minimum atomic E-state index is -1.47. The van der Waals surface area contributed by atoms with E-state index in [4.69, 9.17) is 0 Å². The Hall–Kier alpha value is -4.63. The number of carbonyl (C=O) groups excluding carboxylic acids is 1. The lowest BCUT2D eigenvalue weighted by atomic mass is 9.97.